The van der Waals surface area contributed by atoms with Crippen LogP contribution in [0.1, 0.15) is 38.8 Å². The quantitative estimate of drug-likeness (QED) is 0.793. The largest absolute Gasteiger partial charge is 0.376 e. The van der Waals surface area contributed by atoms with Crippen molar-refractivity contribution in [3.05, 3.63) is 29.3 Å². The van der Waals surface area contributed by atoms with Crippen molar-refractivity contribution in [2.24, 2.45) is 0 Å². The van der Waals surface area contributed by atoms with Gasteiger partial charge in [0.1, 0.15) is 0 Å². The molecule has 0 spiro atoms. The molecule has 1 aromatic carbocycles. The highest BCUT2D eigenvalue weighted by Gasteiger charge is 2.24. The average Bonchev–Trinajstić information content (AvgIpc) is 2.21. The van der Waals surface area contributed by atoms with Crippen LogP contribution in [0.5, 0.6) is 0 Å². The number of anilines is 2. The first-order valence-corrected chi connectivity index (χ1v) is 6.19. The molecule has 1 aliphatic heterocycles. The van der Waals surface area contributed by atoms with Crippen molar-refractivity contribution in [2.75, 3.05) is 10.6 Å². The van der Waals surface area contributed by atoms with E-state index in [4.69, 9.17) is 0 Å². The lowest BCUT2D eigenvalue weighted by atomic mass is 9.89. The van der Waals surface area contributed by atoms with Crippen LogP contribution >= 0.6 is 0 Å². The molecule has 0 bridgehead atoms. The topological polar surface area (TPSA) is 41.1 Å². The van der Waals surface area contributed by atoms with Crippen LogP contribution in [0.2, 0.25) is 0 Å². The summed E-state index contributed by atoms with van der Waals surface area (Å²) >= 11 is 0. The van der Waals surface area contributed by atoms with E-state index in [9.17, 15) is 4.79 Å². The Morgan fingerprint density at radius 1 is 1.28 bits per heavy atom. The van der Waals surface area contributed by atoms with Gasteiger partial charge in [-0.2, -0.15) is 0 Å². The Morgan fingerprint density at radius 3 is 2.56 bits per heavy atom. The molecular formula is C15H20N2O. The minimum absolute atomic E-state index is 0.0413. The maximum absolute atomic E-state index is 11.2. The Kier molecular flexibility index (Phi) is 2.93. The molecule has 0 aliphatic carbocycles. The smallest absolute Gasteiger partial charge is 0.221 e. The number of carbonyl (C=O) groups excluding carboxylic acids is 1. The zero-order valence-electron chi connectivity index (χ0n) is 11.6. The molecule has 2 N–H and O–H groups in total. The van der Waals surface area contributed by atoms with Gasteiger partial charge in [-0.1, -0.05) is 12.1 Å². The molecule has 3 nitrogen and oxygen atoms in total. The first kappa shape index (κ1) is 12.7. The number of hydrogen-bond acceptors (Lipinski definition) is 2. The second-order valence-electron chi connectivity index (χ2n) is 5.52. The highest BCUT2D eigenvalue weighted by atomic mass is 16.1. The third-order valence-electron chi connectivity index (χ3n) is 3.23. The minimum Gasteiger partial charge on any atom is -0.376 e. The van der Waals surface area contributed by atoms with Gasteiger partial charge in [-0.25, -0.2) is 0 Å². The van der Waals surface area contributed by atoms with Crippen molar-refractivity contribution < 1.29 is 4.79 Å². The number of amides is 1. The predicted octanol–water partition coefficient (Wildman–Crippen LogP) is 3.56. The molecule has 2 rings (SSSR count). The molecule has 1 aliphatic rings. The van der Waals surface area contributed by atoms with Crippen LogP contribution < -0.4 is 10.6 Å². The molecule has 0 saturated heterocycles. The highest BCUT2D eigenvalue weighted by Crippen LogP contribution is 2.38. The molecule has 0 fully saturated rings. The van der Waals surface area contributed by atoms with E-state index < -0.39 is 0 Å². The molecule has 0 atom stereocenters. The van der Waals surface area contributed by atoms with E-state index in [0.717, 1.165) is 16.9 Å². The van der Waals surface area contributed by atoms with Crippen molar-refractivity contribution in [2.45, 2.75) is 40.2 Å². The van der Waals surface area contributed by atoms with Crippen molar-refractivity contribution in [1.82, 2.24) is 0 Å². The maximum Gasteiger partial charge on any atom is 0.221 e. The van der Waals surface area contributed by atoms with E-state index in [-0.39, 0.29) is 11.4 Å². The van der Waals surface area contributed by atoms with Crippen LogP contribution in [0, 0.1) is 6.92 Å². The van der Waals surface area contributed by atoms with Crippen LogP contribution in [0.25, 0.3) is 5.57 Å². The minimum atomic E-state index is -0.0588. The fourth-order valence-electron chi connectivity index (χ4n) is 2.50. The van der Waals surface area contributed by atoms with E-state index >= 15 is 0 Å². The molecule has 96 valence electrons. The van der Waals surface area contributed by atoms with Gasteiger partial charge in [-0.15, -0.1) is 0 Å². The predicted molar refractivity (Wildman–Crippen MR) is 76.8 cm³/mol. The lowest BCUT2D eigenvalue weighted by Crippen LogP contribution is -2.32. The van der Waals surface area contributed by atoms with Gasteiger partial charge in [0.05, 0.1) is 5.54 Å². The lowest BCUT2D eigenvalue weighted by Gasteiger charge is -2.33. The van der Waals surface area contributed by atoms with Gasteiger partial charge < -0.3 is 10.6 Å². The summed E-state index contributed by atoms with van der Waals surface area (Å²) < 4.78 is 0. The number of fused-ring (bicyclic) bond motifs is 1. The molecule has 18 heavy (non-hydrogen) atoms. The van der Waals surface area contributed by atoms with E-state index in [0.29, 0.717) is 0 Å². The van der Waals surface area contributed by atoms with Crippen LogP contribution in [0.3, 0.4) is 0 Å². The van der Waals surface area contributed by atoms with Gasteiger partial charge in [0.2, 0.25) is 5.91 Å². The van der Waals surface area contributed by atoms with Crippen molar-refractivity contribution in [1.29, 1.82) is 0 Å². The van der Waals surface area contributed by atoms with Gasteiger partial charge in [0, 0.05) is 23.9 Å². The van der Waals surface area contributed by atoms with Crippen LogP contribution in [0.15, 0.2) is 18.2 Å². The number of hydrogen-bond donors (Lipinski definition) is 2. The Hall–Kier alpha value is -1.77. The SMILES string of the molecule is CC(=O)Nc1ccc2c(c1C)NC(C)(C)C=C2C. The number of allylic oxidation sites excluding steroid dienone is 1. The first-order valence-electron chi connectivity index (χ1n) is 6.19. The standard InChI is InChI=1S/C15H20N2O/c1-9-8-15(4,5)17-14-10(2)13(16-11(3)18)7-6-12(9)14/h6-8,17H,1-5H3,(H,16,18). The maximum atomic E-state index is 11.2. The summed E-state index contributed by atoms with van der Waals surface area (Å²) in [6.07, 6.45) is 2.23. The molecule has 1 amide bonds. The number of benzene rings is 1. The molecular weight excluding hydrogens is 224 g/mol. The summed E-state index contributed by atoms with van der Waals surface area (Å²) in [5.74, 6) is -0.0413. The molecule has 0 saturated carbocycles. The molecule has 1 aromatic rings. The summed E-state index contributed by atoms with van der Waals surface area (Å²) in [7, 11) is 0. The number of nitrogens with one attached hydrogen (secondary N) is 2. The first-order chi connectivity index (χ1) is 8.30. The van der Waals surface area contributed by atoms with Gasteiger partial charge >= 0.3 is 0 Å². The van der Waals surface area contributed by atoms with Gasteiger partial charge in [-0.05, 0) is 44.9 Å². The summed E-state index contributed by atoms with van der Waals surface area (Å²) in [6, 6.07) is 4.02. The Bertz CT molecular complexity index is 542. The zero-order chi connectivity index (χ0) is 13.5. The highest BCUT2D eigenvalue weighted by molar-refractivity contribution is 5.93. The summed E-state index contributed by atoms with van der Waals surface area (Å²) in [5.41, 5.74) is 5.50. The summed E-state index contributed by atoms with van der Waals surface area (Å²) in [4.78, 5) is 11.2. The second kappa shape index (κ2) is 4.16. The normalized spacial score (nSPS) is 16.4. The molecule has 0 radical (unpaired) electrons. The third-order valence-corrected chi connectivity index (χ3v) is 3.23. The van der Waals surface area contributed by atoms with E-state index in [1.165, 1.54) is 18.1 Å². The number of rotatable bonds is 1. The van der Waals surface area contributed by atoms with Crippen LogP contribution in [0.4, 0.5) is 11.4 Å². The fraction of sp³-hybridized carbons (Fsp3) is 0.400. The van der Waals surface area contributed by atoms with Gasteiger partial charge in [0.25, 0.3) is 0 Å². The summed E-state index contributed by atoms with van der Waals surface area (Å²) in [6.45, 7) is 9.97. The van der Waals surface area contributed by atoms with Crippen molar-refractivity contribution >= 4 is 22.9 Å². The molecule has 0 aromatic heterocycles. The van der Waals surface area contributed by atoms with Crippen LogP contribution in [-0.4, -0.2) is 11.4 Å². The van der Waals surface area contributed by atoms with Crippen molar-refractivity contribution in [3.8, 4) is 0 Å². The fourth-order valence-corrected chi connectivity index (χ4v) is 2.50. The molecule has 3 heteroatoms. The average molecular weight is 244 g/mol. The van der Waals surface area contributed by atoms with E-state index in [2.05, 4.69) is 43.5 Å². The monoisotopic (exact) mass is 244 g/mol. The lowest BCUT2D eigenvalue weighted by molar-refractivity contribution is -0.114. The van der Waals surface area contributed by atoms with E-state index in [1.807, 2.05) is 13.0 Å². The zero-order valence-corrected chi connectivity index (χ0v) is 11.6. The van der Waals surface area contributed by atoms with E-state index in [1.54, 1.807) is 0 Å². The summed E-state index contributed by atoms with van der Waals surface area (Å²) in [5, 5.41) is 6.39. The van der Waals surface area contributed by atoms with Gasteiger partial charge in [0.15, 0.2) is 0 Å². The molecule has 1 heterocycles. The Balaban J connectivity index is 2.53. The third kappa shape index (κ3) is 2.26. The van der Waals surface area contributed by atoms with Gasteiger partial charge in [-0.3, -0.25) is 4.79 Å². The molecule has 0 unspecified atom stereocenters. The number of carbonyl (C=O) groups is 1. The van der Waals surface area contributed by atoms with Crippen LogP contribution in [-0.2, 0) is 4.79 Å². The Labute approximate surface area is 108 Å². The van der Waals surface area contributed by atoms with Crippen molar-refractivity contribution in [3.63, 3.8) is 0 Å². The second-order valence-corrected chi connectivity index (χ2v) is 5.52. The Morgan fingerprint density at radius 2 is 1.94 bits per heavy atom.